The first-order chi connectivity index (χ1) is 15.8. The lowest BCUT2D eigenvalue weighted by molar-refractivity contribution is -0.115. The van der Waals surface area contributed by atoms with Crippen molar-refractivity contribution in [3.05, 3.63) is 64.2 Å². The summed E-state index contributed by atoms with van der Waals surface area (Å²) in [5.41, 5.74) is 6.42. The van der Waals surface area contributed by atoms with Gasteiger partial charge in [0.25, 0.3) is 5.95 Å². The standard InChI is InChI=1S/C25H33N7O/c1-17-13-18(2)27-25(26-17)32-20(4)23(19(3)29-32)15-24(33)28-22-8-6-7-21(14-22)16-31-11-9-30(5)10-12-31/h6-8,13-14H,9-12,15-16H2,1-5H3,(H,28,33). The van der Waals surface area contributed by atoms with E-state index in [2.05, 4.69) is 49.4 Å². The monoisotopic (exact) mass is 447 g/mol. The average molecular weight is 448 g/mol. The van der Waals surface area contributed by atoms with Gasteiger partial charge >= 0.3 is 0 Å². The maximum Gasteiger partial charge on any atom is 0.251 e. The molecular weight excluding hydrogens is 414 g/mol. The number of hydrogen-bond acceptors (Lipinski definition) is 6. The number of amides is 1. The Hall–Kier alpha value is -3.10. The number of likely N-dealkylation sites (N-methyl/N-ethyl adjacent to an activating group) is 1. The van der Waals surface area contributed by atoms with Gasteiger partial charge in [0.15, 0.2) is 0 Å². The van der Waals surface area contributed by atoms with E-state index < -0.39 is 0 Å². The first-order valence-electron chi connectivity index (χ1n) is 11.5. The molecule has 0 atom stereocenters. The molecular formula is C25H33N7O. The number of nitrogens with zero attached hydrogens (tertiary/aromatic N) is 6. The van der Waals surface area contributed by atoms with Crippen LogP contribution < -0.4 is 5.32 Å². The summed E-state index contributed by atoms with van der Waals surface area (Å²) in [7, 11) is 2.16. The highest BCUT2D eigenvalue weighted by Crippen LogP contribution is 2.19. The molecule has 4 rings (SSSR count). The van der Waals surface area contributed by atoms with Crippen LogP contribution in [0.15, 0.2) is 30.3 Å². The van der Waals surface area contributed by atoms with Gasteiger partial charge in [0, 0.05) is 61.1 Å². The number of nitrogens with one attached hydrogen (secondary N) is 1. The van der Waals surface area contributed by atoms with Crippen molar-refractivity contribution in [3.8, 4) is 5.95 Å². The molecule has 1 saturated heterocycles. The number of hydrogen-bond donors (Lipinski definition) is 1. The Balaban J connectivity index is 1.43. The molecule has 1 aliphatic heterocycles. The molecule has 0 saturated carbocycles. The minimum Gasteiger partial charge on any atom is -0.326 e. The van der Waals surface area contributed by atoms with Gasteiger partial charge < -0.3 is 10.2 Å². The van der Waals surface area contributed by atoms with E-state index in [0.29, 0.717) is 5.95 Å². The number of piperazine rings is 1. The van der Waals surface area contributed by atoms with E-state index >= 15 is 0 Å². The van der Waals surface area contributed by atoms with Gasteiger partial charge in [-0.05, 0) is 58.5 Å². The highest BCUT2D eigenvalue weighted by Gasteiger charge is 2.18. The number of aryl methyl sites for hydroxylation is 3. The minimum atomic E-state index is -0.0566. The number of rotatable bonds is 6. The highest BCUT2D eigenvalue weighted by molar-refractivity contribution is 5.92. The second kappa shape index (κ2) is 9.80. The molecule has 2 aromatic heterocycles. The Morgan fingerprint density at radius 1 is 1.00 bits per heavy atom. The summed E-state index contributed by atoms with van der Waals surface area (Å²) in [6.45, 7) is 13.0. The number of aromatic nitrogens is 4. The number of benzene rings is 1. The molecule has 0 spiro atoms. The van der Waals surface area contributed by atoms with Gasteiger partial charge in [0.05, 0.1) is 12.1 Å². The van der Waals surface area contributed by atoms with Crippen LogP contribution in [-0.4, -0.2) is 68.7 Å². The van der Waals surface area contributed by atoms with Gasteiger partial charge in [-0.2, -0.15) is 5.10 Å². The van der Waals surface area contributed by atoms with Crippen molar-refractivity contribution in [2.45, 2.75) is 40.7 Å². The summed E-state index contributed by atoms with van der Waals surface area (Å²) in [6.07, 6.45) is 0.255. The van der Waals surface area contributed by atoms with Crippen LogP contribution in [0.25, 0.3) is 5.95 Å². The van der Waals surface area contributed by atoms with Crippen molar-refractivity contribution in [2.75, 3.05) is 38.5 Å². The first-order valence-corrected chi connectivity index (χ1v) is 11.5. The van der Waals surface area contributed by atoms with Crippen LogP contribution in [0.4, 0.5) is 5.69 Å². The number of anilines is 1. The van der Waals surface area contributed by atoms with Crippen molar-refractivity contribution in [3.63, 3.8) is 0 Å². The van der Waals surface area contributed by atoms with Crippen molar-refractivity contribution >= 4 is 11.6 Å². The fourth-order valence-corrected chi connectivity index (χ4v) is 4.30. The first kappa shape index (κ1) is 23.1. The van der Waals surface area contributed by atoms with E-state index in [4.69, 9.17) is 0 Å². The van der Waals surface area contributed by atoms with Crippen molar-refractivity contribution in [1.82, 2.24) is 29.5 Å². The third kappa shape index (κ3) is 5.64. The topological polar surface area (TPSA) is 79.2 Å². The summed E-state index contributed by atoms with van der Waals surface area (Å²) in [5, 5.41) is 7.67. The van der Waals surface area contributed by atoms with Crippen molar-refractivity contribution < 1.29 is 4.79 Å². The van der Waals surface area contributed by atoms with Crippen LogP contribution in [-0.2, 0) is 17.8 Å². The molecule has 3 heterocycles. The van der Waals surface area contributed by atoms with E-state index in [-0.39, 0.29) is 12.3 Å². The lowest BCUT2D eigenvalue weighted by atomic mass is 10.1. The lowest BCUT2D eigenvalue weighted by Gasteiger charge is -2.32. The minimum absolute atomic E-state index is 0.0566. The largest absolute Gasteiger partial charge is 0.326 e. The molecule has 1 aromatic carbocycles. The Morgan fingerprint density at radius 3 is 2.39 bits per heavy atom. The fourth-order valence-electron chi connectivity index (χ4n) is 4.30. The molecule has 1 amide bonds. The molecule has 0 bridgehead atoms. The molecule has 0 unspecified atom stereocenters. The fraction of sp³-hybridized carbons (Fsp3) is 0.440. The normalized spacial score (nSPS) is 15.1. The Labute approximate surface area is 195 Å². The molecule has 8 heteroatoms. The van der Waals surface area contributed by atoms with Crippen LogP contribution in [0.5, 0.6) is 0 Å². The third-order valence-electron chi connectivity index (χ3n) is 6.15. The zero-order valence-electron chi connectivity index (χ0n) is 20.2. The summed E-state index contributed by atoms with van der Waals surface area (Å²) in [4.78, 5) is 26.7. The molecule has 0 aliphatic carbocycles. The van der Waals surface area contributed by atoms with Gasteiger partial charge in [-0.15, -0.1) is 0 Å². The second-order valence-corrected chi connectivity index (χ2v) is 9.02. The van der Waals surface area contributed by atoms with Crippen molar-refractivity contribution in [1.29, 1.82) is 0 Å². The maximum absolute atomic E-state index is 12.9. The van der Waals surface area contributed by atoms with Crippen LogP contribution in [0.2, 0.25) is 0 Å². The molecule has 33 heavy (non-hydrogen) atoms. The smallest absolute Gasteiger partial charge is 0.251 e. The Kier molecular flexibility index (Phi) is 6.85. The zero-order valence-corrected chi connectivity index (χ0v) is 20.2. The quantitative estimate of drug-likeness (QED) is 0.626. The molecule has 174 valence electrons. The van der Waals surface area contributed by atoms with Gasteiger partial charge in [-0.3, -0.25) is 9.69 Å². The van der Waals surface area contributed by atoms with E-state index in [9.17, 15) is 4.79 Å². The second-order valence-electron chi connectivity index (χ2n) is 9.02. The summed E-state index contributed by atoms with van der Waals surface area (Å²) >= 11 is 0. The third-order valence-corrected chi connectivity index (χ3v) is 6.15. The molecule has 3 aromatic rings. The molecule has 0 radical (unpaired) electrons. The summed E-state index contributed by atoms with van der Waals surface area (Å²) in [6, 6.07) is 10.1. The average Bonchev–Trinajstić information content (AvgIpc) is 3.03. The maximum atomic E-state index is 12.9. The van der Waals surface area contributed by atoms with Gasteiger partial charge in [0.2, 0.25) is 5.91 Å². The van der Waals surface area contributed by atoms with E-state index in [1.54, 1.807) is 4.68 Å². The Morgan fingerprint density at radius 2 is 1.70 bits per heavy atom. The summed E-state index contributed by atoms with van der Waals surface area (Å²) < 4.78 is 1.73. The van der Waals surface area contributed by atoms with Crippen LogP contribution in [0.3, 0.4) is 0 Å². The molecule has 8 nitrogen and oxygen atoms in total. The van der Waals surface area contributed by atoms with Gasteiger partial charge in [-0.1, -0.05) is 12.1 Å². The number of carbonyl (C=O) groups is 1. The van der Waals surface area contributed by atoms with E-state index in [1.807, 2.05) is 45.9 Å². The predicted molar refractivity (Wildman–Crippen MR) is 130 cm³/mol. The molecule has 1 aliphatic rings. The predicted octanol–water partition coefficient (Wildman–Crippen LogP) is 2.82. The van der Waals surface area contributed by atoms with Gasteiger partial charge in [0.1, 0.15) is 0 Å². The highest BCUT2D eigenvalue weighted by atomic mass is 16.1. The SMILES string of the molecule is Cc1cc(C)nc(-n2nc(C)c(CC(=O)Nc3cccc(CN4CCN(C)CC4)c3)c2C)n1. The van der Waals surface area contributed by atoms with Crippen molar-refractivity contribution in [2.24, 2.45) is 0 Å². The number of carbonyl (C=O) groups excluding carboxylic acids is 1. The van der Waals surface area contributed by atoms with Gasteiger partial charge in [-0.25, -0.2) is 14.6 Å². The van der Waals surface area contributed by atoms with E-state index in [1.165, 1.54) is 5.56 Å². The Bertz CT molecular complexity index is 1130. The lowest BCUT2D eigenvalue weighted by Crippen LogP contribution is -2.43. The molecule has 1 N–H and O–H groups in total. The molecule has 1 fully saturated rings. The van der Waals surface area contributed by atoms with Crippen LogP contribution in [0, 0.1) is 27.7 Å². The zero-order chi connectivity index (χ0) is 23.5. The van der Waals surface area contributed by atoms with Crippen LogP contribution >= 0.6 is 0 Å². The van der Waals surface area contributed by atoms with E-state index in [0.717, 1.165) is 66.8 Å². The summed E-state index contributed by atoms with van der Waals surface area (Å²) in [5.74, 6) is 0.482. The van der Waals surface area contributed by atoms with Crippen LogP contribution in [0.1, 0.15) is 33.9 Å².